The second kappa shape index (κ2) is 11.5. The van der Waals surface area contributed by atoms with Crippen LogP contribution in [0.5, 0.6) is 0 Å². The number of halogens is 8. The van der Waals surface area contributed by atoms with E-state index in [0.717, 1.165) is 36.1 Å². The number of rotatable bonds is 8. The third-order valence-electron chi connectivity index (χ3n) is 6.08. The lowest BCUT2D eigenvalue weighted by atomic mass is 9.96. The van der Waals surface area contributed by atoms with E-state index in [-0.39, 0.29) is 17.7 Å². The molecule has 0 fully saturated rings. The topological polar surface area (TPSA) is 96.4 Å². The Hall–Kier alpha value is -4.31. The van der Waals surface area contributed by atoms with Crippen LogP contribution in [0.3, 0.4) is 0 Å². The maximum atomic E-state index is 15.1. The first-order valence-corrected chi connectivity index (χ1v) is 12.1. The van der Waals surface area contributed by atoms with E-state index in [1.807, 2.05) is 0 Å². The molecule has 0 aliphatic carbocycles. The molecule has 16 heteroatoms. The van der Waals surface area contributed by atoms with Gasteiger partial charge >= 0.3 is 18.3 Å². The number of hydrogen-bond donors (Lipinski definition) is 2. The van der Waals surface area contributed by atoms with Gasteiger partial charge in [-0.2, -0.15) is 36.5 Å². The van der Waals surface area contributed by atoms with Crippen LogP contribution in [0.4, 0.5) is 35.1 Å². The molecule has 0 radical (unpaired) electrons. The fourth-order valence-electron chi connectivity index (χ4n) is 4.19. The quantitative estimate of drug-likeness (QED) is 0.154. The number of carbonyl (C=O) groups excluding carboxylic acids is 1. The maximum Gasteiger partial charge on any atom is 0.472 e. The average molecular weight is 603 g/mol. The van der Waals surface area contributed by atoms with Gasteiger partial charge in [-0.25, -0.2) is 13.5 Å². The first kappa shape index (κ1) is 30.6. The molecule has 2 N–H and O–H groups in total. The molecule has 1 unspecified atom stereocenters. The predicted molar refractivity (Wildman–Crippen MR) is 130 cm³/mol. The highest BCUT2D eigenvalue weighted by atomic mass is 19.4. The third-order valence-corrected chi connectivity index (χ3v) is 6.08. The van der Waals surface area contributed by atoms with Gasteiger partial charge < -0.3 is 9.63 Å². The van der Waals surface area contributed by atoms with Crippen molar-refractivity contribution >= 4 is 5.91 Å². The second-order valence-electron chi connectivity index (χ2n) is 9.03. The molecule has 0 aliphatic rings. The lowest BCUT2D eigenvalue weighted by molar-refractivity contribution is -0.182. The number of aromatic nitrogens is 3. The van der Waals surface area contributed by atoms with E-state index >= 15 is 4.39 Å². The second-order valence-corrected chi connectivity index (χ2v) is 9.03. The molecule has 1 atom stereocenters. The summed E-state index contributed by atoms with van der Waals surface area (Å²) >= 11 is 0. The Bertz CT molecular complexity index is 1600. The number of benzene rings is 2. The van der Waals surface area contributed by atoms with Crippen LogP contribution in [-0.4, -0.2) is 50.4 Å². The number of aryl methyl sites for hydroxylation is 1. The Labute approximate surface area is 232 Å². The third kappa shape index (κ3) is 6.44. The van der Waals surface area contributed by atoms with Crippen molar-refractivity contribution in [3.8, 4) is 28.3 Å². The molecule has 4 rings (SSSR count). The van der Waals surface area contributed by atoms with E-state index in [4.69, 9.17) is 4.52 Å². The maximum absolute atomic E-state index is 15.1. The molecule has 2 heterocycles. The van der Waals surface area contributed by atoms with Crippen molar-refractivity contribution in [3.05, 3.63) is 77.1 Å². The minimum absolute atomic E-state index is 0.00319. The molecule has 0 aliphatic heterocycles. The number of alkyl halides is 6. The van der Waals surface area contributed by atoms with Crippen molar-refractivity contribution in [2.45, 2.75) is 38.3 Å². The molecule has 224 valence electrons. The molecule has 0 bridgehead atoms. The van der Waals surface area contributed by atoms with Gasteiger partial charge in [-0.3, -0.25) is 10.2 Å². The fraction of sp³-hybridized carbons (Fsp3) is 0.269. The molecule has 2 aromatic carbocycles. The summed E-state index contributed by atoms with van der Waals surface area (Å²) in [5.41, 5.74) is -0.646. The number of aliphatic hydroxyl groups excluding tert-OH is 1. The van der Waals surface area contributed by atoms with Crippen LogP contribution in [0.15, 0.2) is 53.2 Å². The summed E-state index contributed by atoms with van der Waals surface area (Å²) in [4.78, 5) is 11.6. The Morgan fingerprint density at radius 3 is 2.43 bits per heavy atom. The van der Waals surface area contributed by atoms with Crippen LogP contribution in [-0.2, 0) is 17.6 Å². The zero-order valence-corrected chi connectivity index (χ0v) is 21.7. The van der Waals surface area contributed by atoms with Crippen LogP contribution in [0.2, 0.25) is 0 Å². The van der Waals surface area contributed by atoms with E-state index in [1.165, 1.54) is 29.7 Å². The van der Waals surface area contributed by atoms with Crippen LogP contribution >= 0.6 is 0 Å². The number of nitrogens with zero attached hydrogens (tertiary/aromatic N) is 4. The minimum atomic E-state index is -5.36. The molecule has 0 spiro atoms. The van der Waals surface area contributed by atoms with E-state index in [2.05, 4.69) is 10.3 Å². The fourth-order valence-corrected chi connectivity index (χ4v) is 4.19. The lowest BCUT2D eigenvalue weighted by Crippen LogP contribution is -2.47. The Kier molecular flexibility index (Phi) is 8.41. The van der Waals surface area contributed by atoms with Gasteiger partial charge in [0.15, 0.2) is 12.0 Å². The Morgan fingerprint density at radius 2 is 1.81 bits per heavy atom. The highest BCUT2D eigenvalue weighted by Crippen LogP contribution is 2.41. The van der Waals surface area contributed by atoms with Gasteiger partial charge in [0, 0.05) is 18.8 Å². The van der Waals surface area contributed by atoms with Crippen LogP contribution < -0.4 is 5.43 Å². The van der Waals surface area contributed by atoms with E-state index in [1.54, 1.807) is 6.92 Å². The Morgan fingerprint density at radius 1 is 1.12 bits per heavy atom. The normalized spacial score (nSPS) is 13.0. The summed E-state index contributed by atoms with van der Waals surface area (Å²) in [7, 11) is 0.837. The zero-order valence-electron chi connectivity index (χ0n) is 21.7. The summed E-state index contributed by atoms with van der Waals surface area (Å²) in [6, 6.07) is 8.58. The molecule has 8 nitrogen and oxygen atoms in total. The summed E-state index contributed by atoms with van der Waals surface area (Å²) in [6.07, 6.45) is -12.9. The van der Waals surface area contributed by atoms with Crippen molar-refractivity contribution < 1.29 is 49.5 Å². The smallest absolute Gasteiger partial charge is 0.372 e. The summed E-state index contributed by atoms with van der Waals surface area (Å²) < 4.78 is 115. The van der Waals surface area contributed by atoms with Gasteiger partial charge in [0.1, 0.15) is 17.3 Å². The molecular weight excluding hydrogens is 582 g/mol. The van der Waals surface area contributed by atoms with Crippen LogP contribution in [0.25, 0.3) is 28.3 Å². The van der Waals surface area contributed by atoms with Gasteiger partial charge in [-0.1, -0.05) is 30.3 Å². The van der Waals surface area contributed by atoms with Gasteiger partial charge in [0.05, 0.1) is 28.9 Å². The number of hydrogen-bond acceptors (Lipinski definition) is 6. The average Bonchev–Trinajstić information content (AvgIpc) is 3.50. The highest BCUT2D eigenvalue weighted by Gasteiger charge is 2.41. The SMILES string of the molecule is CCc1cccc(F)c1-c1noc(-c2cn(-c3cccc(F)c3)nc2CC(F)(F)F)c1C(O)N(C)NC(=O)C(F)(F)F. The van der Waals surface area contributed by atoms with Crippen molar-refractivity contribution in [3.63, 3.8) is 0 Å². The first-order chi connectivity index (χ1) is 19.6. The first-order valence-electron chi connectivity index (χ1n) is 12.1. The number of carbonyl (C=O) groups is 1. The van der Waals surface area contributed by atoms with E-state index in [9.17, 15) is 40.6 Å². The van der Waals surface area contributed by atoms with E-state index < -0.39 is 70.8 Å². The van der Waals surface area contributed by atoms with Crippen molar-refractivity contribution in [1.82, 2.24) is 25.4 Å². The number of amides is 1. The number of hydrazine groups is 1. The van der Waals surface area contributed by atoms with Crippen LogP contribution in [0, 0.1) is 11.6 Å². The van der Waals surface area contributed by atoms with Gasteiger partial charge in [0.25, 0.3) is 0 Å². The van der Waals surface area contributed by atoms with Gasteiger partial charge in [-0.05, 0) is 36.2 Å². The molecule has 0 saturated carbocycles. The summed E-state index contributed by atoms with van der Waals surface area (Å²) in [5, 5.41) is 19.1. The molecule has 4 aromatic rings. The monoisotopic (exact) mass is 603 g/mol. The van der Waals surface area contributed by atoms with E-state index in [0.29, 0.717) is 10.6 Å². The molecule has 0 saturated heterocycles. The Balaban J connectivity index is 1.96. The standard InChI is InChI=1S/C26H21F8N5O3/c1-3-13-6-4-9-17(28)19(13)21-20(23(40)38(2)36-24(41)26(32,33)34)22(42-37-21)16-12-39(15-8-5-7-14(27)10-15)35-18(16)11-25(29,30)31/h4-10,12,23,40H,3,11H2,1-2H3,(H,36,41). The van der Waals surface area contributed by atoms with Crippen LogP contribution in [0.1, 0.15) is 30.0 Å². The van der Waals surface area contributed by atoms with Crippen molar-refractivity contribution in [1.29, 1.82) is 0 Å². The van der Waals surface area contributed by atoms with Gasteiger partial charge in [-0.15, -0.1) is 0 Å². The largest absolute Gasteiger partial charge is 0.472 e. The molecule has 2 aromatic heterocycles. The zero-order chi connectivity index (χ0) is 31.0. The molecular formula is C26H21F8N5O3. The highest BCUT2D eigenvalue weighted by molar-refractivity contribution is 5.81. The lowest BCUT2D eigenvalue weighted by Gasteiger charge is -2.25. The van der Waals surface area contributed by atoms with Gasteiger partial charge in [0.2, 0.25) is 0 Å². The van der Waals surface area contributed by atoms with Crippen molar-refractivity contribution in [2.24, 2.45) is 0 Å². The summed E-state index contributed by atoms with van der Waals surface area (Å²) in [5.74, 6) is -4.69. The van der Waals surface area contributed by atoms with Crippen molar-refractivity contribution in [2.75, 3.05) is 7.05 Å². The molecule has 1 amide bonds. The summed E-state index contributed by atoms with van der Waals surface area (Å²) in [6.45, 7) is 1.65. The number of nitrogens with one attached hydrogen (secondary N) is 1. The minimum Gasteiger partial charge on any atom is -0.372 e. The predicted octanol–water partition coefficient (Wildman–Crippen LogP) is 5.66. The molecule has 42 heavy (non-hydrogen) atoms. The number of aliphatic hydroxyl groups is 1.